The van der Waals surface area contributed by atoms with Crippen LogP contribution in [0, 0.1) is 5.92 Å². The van der Waals surface area contributed by atoms with Gasteiger partial charge in [-0.25, -0.2) is 0 Å². The number of carbonyl (C=O) groups is 2. The van der Waals surface area contributed by atoms with Crippen LogP contribution in [-0.2, 0) is 9.53 Å². The highest BCUT2D eigenvalue weighted by Crippen LogP contribution is 2.29. The van der Waals surface area contributed by atoms with Gasteiger partial charge in [-0.15, -0.1) is 0 Å². The summed E-state index contributed by atoms with van der Waals surface area (Å²) in [6.45, 7) is 1.95. The number of benzene rings is 1. The van der Waals surface area contributed by atoms with Crippen molar-refractivity contribution in [3.63, 3.8) is 0 Å². The van der Waals surface area contributed by atoms with E-state index in [0.717, 1.165) is 4.47 Å². The van der Waals surface area contributed by atoms with Crippen molar-refractivity contribution in [2.24, 2.45) is 10.9 Å². The number of esters is 1. The van der Waals surface area contributed by atoms with Crippen molar-refractivity contribution in [2.75, 3.05) is 6.61 Å². The van der Waals surface area contributed by atoms with Crippen LogP contribution in [0.2, 0.25) is 0 Å². The van der Waals surface area contributed by atoms with E-state index in [1.807, 2.05) is 0 Å². The molecular weight excluding hydrogens is 286 g/mol. The minimum Gasteiger partial charge on any atom is -0.465 e. The van der Waals surface area contributed by atoms with Crippen molar-refractivity contribution in [3.05, 3.63) is 28.2 Å². The van der Waals surface area contributed by atoms with E-state index in [2.05, 4.69) is 20.9 Å². The summed E-state index contributed by atoms with van der Waals surface area (Å²) in [6.07, 6.45) is 1.34. The molecule has 1 aliphatic heterocycles. The van der Waals surface area contributed by atoms with E-state index in [1.165, 1.54) is 6.21 Å². The predicted molar refractivity (Wildman–Crippen MR) is 66.7 cm³/mol. The molecule has 2 rings (SSSR count). The van der Waals surface area contributed by atoms with Gasteiger partial charge in [-0.1, -0.05) is 15.9 Å². The second kappa shape index (κ2) is 4.79. The van der Waals surface area contributed by atoms with Gasteiger partial charge in [0.05, 0.1) is 12.3 Å². The molecule has 1 atom stereocenters. The molecule has 1 aliphatic rings. The summed E-state index contributed by atoms with van der Waals surface area (Å²) in [4.78, 5) is 27.7. The summed E-state index contributed by atoms with van der Waals surface area (Å²) in [5.41, 5.74) is 1.03. The van der Waals surface area contributed by atoms with Crippen LogP contribution < -0.4 is 0 Å². The lowest BCUT2D eigenvalue weighted by Gasteiger charge is -2.16. The summed E-state index contributed by atoms with van der Waals surface area (Å²) in [7, 11) is 0. The first-order valence-electron chi connectivity index (χ1n) is 5.18. The molecule has 4 nitrogen and oxygen atoms in total. The zero-order chi connectivity index (χ0) is 12.4. The van der Waals surface area contributed by atoms with Crippen LogP contribution >= 0.6 is 15.9 Å². The fourth-order valence-electron chi connectivity index (χ4n) is 1.61. The van der Waals surface area contributed by atoms with Crippen molar-refractivity contribution in [1.82, 2.24) is 0 Å². The molecule has 1 heterocycles. The largest absolute Gasteiger partial charge is 0.465 e. The Morgan fingerprint density at radius 1 is 1.53 bits per heavy atom. The van der Waals surface area contributed by atoms with Crippen LogP contribution in [0.1, 0.15) is 17.3 Å². The van der Waals surface area contributed by atoms with Gasteiger partial charge in [0.1, 0.15) is 0 Å². The van der Waals surface area contributed by atoms with Gasteiger partial charge in [-0.3, -0.25) is 14.6 Å². The number of Topliss-reactive ketones (excluding diaryl/α,β-unsaturated/α-hetero) is 1. The molecule has 0 fully saturated rings. The zero-order valence-electron chi connectivity index (χ0n) is 9.14. The first-order chi connectivity index (χ1) is 8.13. The van der Waals surface area contributed by atoms with Gasteiger partial charge in [0, 0.05) is 16.3 Å². The first-order valence-corrected chi connectivity index (χ1v) is 5.97. The highest BCUT2D eigenvalue weighted by Gasteiger charge is 2.31. The average molecular weight is 296 g/mol. The monoisotopic (exact) mass is 295 g/mol. The Balaban J connectivity index is 2.35. The molecule has 0 saturated carbocycles. The Hall–Kier alpha value is -1.49. The predicted octanol–water partition coefficient (Wildman–Crippen LogP) is 2.53. The summed E-state index contributed by atoms with van der Waals surface area (Å²) in [6, 6.07) is 5.20. The molecule has 1 unspecified atom stereocenters. The van der Waals surface area contributed by atoms with Crippen molar-refractivity contribution < 1.29 is 14.3 Å². The van der Waals surface area contributed by atoms with E-state index in [-0.39, 0.29) is 12.4 Å². The molecule has 0 radical (unpaired) electrons. The number of halogens is 1. The second-order valence-corrected chi connectivity index (χ2v) is 4.45. The van der Waals surface area contributed by atoms with Gasteiger partial charge in [0.15, 0.2) is 11.7 Å². The number of fused-ring (bicyclic) bond motifs is 1. The van der Waals surface area contributed by atoms with E-state index in [1.54, 1.807) is 25.1 Å². The van der Waals surface area contributed by atoms with Gasteiger partial charge in [-0.2, -0.15) is 0 Å². The highest BCUT2D eigenvalue weighted by atomic mass is 79.9. The summed E-state index contributed by atoms with van der Waals surface area (Å²) in [5.74, 6) is -1.74. The molecule has 88 valence electrons. The summed E-state index contributed by atoms with van der Waals surface area (Å²) < 4.78 is 5.62. The van der Waals surface area contributed by atoms with Crippen LogP contribution in [0.5, 0.6) is 0 Å². The Morgan fingerprint density at radius 2 is 2.29 bits per heavy atom. The summed E-state index contributed by atoms with van der Waals surface area (Å²) >= 11 is 3.29. The Kier molecular flexibility index (Phi) is 3.38. The lowest BCUT2D eigenvalue weighted by Crippen LogP contribution is -2.29. The maximum absolute atomic E-state index is 12.1. The third-order valence-electron chi connectivity index (χ3n) is 2.41. The van der Waals surface area contributed by atoms with Crippen molar-refractivity contribution in [3.8, 4) is 0 Å². The standard InChI is InChI=1S/C12H10BrNO3/c1-2-17-12(16)9-6-14-10-4-3-7(13)5-8(10)11(9)15/h3-6,9H,2H2,1H3. The Labute approximate surface area is 107 Å². The SMILES string of the molecule is CCOC(=O)C1C=Nc2ccc(Br)cc2C1=O. The van der Waals surface area contributed by atoms with Gasteiger partial charge < -0.3 is 4.74 Å². The van der Waals surface area contributed by atoms with E-state index >= 15 is 0 Å². The lowest BCUT2D eigenvalue weighted by atomic mass is 9.95. The minimum atomic E-state index is -0.920. The average Bonchev–Trinajstić information content (AvgIpc) is 2.30. The first kappa shape index (κ1) is 12.0. The van der Waals surface area contributed by atoms with E-state index in [9.17, 15) is 9.59 Å². The fraction of sp³-hybridized carbons (Fsp3) is 0.250. The molecule has 17 heavy (non-hydrogen) atoms. The van der Waals surface area contributed by atoms with Crippen LogP contribution in [0.4, 0.5) is 5.69 Å². The van der Waals surface area contributed by atoms with Crippen molar-refractivity contribution in [2.45, 2.75) is 6.92 Å². The third-order valence-corrected chi connectivity index (χ3v) is 2.90. The fourth-order valence-corrected chi connectivity index (χ4v) is 1.97. The van der Waals surface area contributed by atoms with Gasteiger partial charge in [0.2, 0.25) is 0 Å². The Morgan fingerprint density at radius 3 is 3.00 bits per heavy atom. The molecule has 0 N–H and O–H groups in total. The van der Waals surface area contributed by atoms with Gasteiger partial charge in [-0.05, 0) is 25.1 Å². The zero-order valence-corrected chi connectivity index (χ0v) is 10.7. The molecule has 0 spiro atoms. The smallest absolute Gasteiger partial charge is 0.322 e. The topological polar surface area (TPSA) is 55.7 Å². The number of hydrogen-bond donors (Lipinski definition) is 0. The van der Waals surface area contributed by atoms with E-state index in [0.29, 0.717) is 11.3 Å². The number of hydrogen-bond acceptors (Lipinski definition) is 4. The van der Waals surface area contributed by atoms with Gasteiger partial charge >= 0.3 is 5.97 Å². The minimum absolute atomic E-state index is 0.252. The molecule has 0 amide bonds. The number of nitrogens with zero attached hydrogens (tertiary/aromatic N) is 1. The van der Waals surface area contributed by atoms with Crippen LogP contribution in [-0.4, -0.2) is 24.6 Å². The number of aliphatic imine (C=N–C) groups is 1. The number of carbonyl (C=O) groups excluding carboxylic acids is 2. The molecule has 0 bridgehead atoms. The number of ketones is 1. The maximum Gasteiger partial charge on any atom is 0.322 e. The molecular formula is C12H10BrNO3. The second-order valence-electron chi connectivity index (χ2n) is 3.53. The maximum atomic E-state index is 12.1. The Bertz CT molecular complexity index is 510. The molecule has 5 heteroatoms. The molecule has 0 aromatic heterocycles. The lowest BCUT2D eigenvalue weighted by molar-refractivity contribution is -0.143. The summed E-state index contributed by atoms with van der Waals surface area (Å²) in [5, 5.41) is 0. The molecule has 0 saturated heterocycles. The number of ether oxygens (including phenoxy) is 1. The van der Waals surface area contributed by atoms with Crippen LogP contribution in [0.15, 0.2) is 27.7 Å². The number of rotatable bonds is 2. The van der Waals surface area contributed by atoms with E-state index in [4.69, 9.17) is 4.74 Å². The molecule has 0 aliphatic carbocycles. The highest BCUT2D eigenvalue weighted by molar-refractivity contribution is 9.10. The van der Waals surface area contributed by atoms with Crippen molar-refractivity contribution in [1.29, 1.82) is 0 Å². The molecule has 1 aromatic carbocycles. The third kappa shape index (κ3) is 2.29. The van der Waals surface area contributed by atoms with E-state index < -0.39 is 11.9 Å². The van der Waals surface area contributed by atoms with Crippen molar-refractivity contribution >= 4 is 39.6 Å². The quantitative estimate of drug-likeness (QED) is 0.622. The van der Waals surface area contributed by atoms with Crippen LogP contribution in [0.25, 0.3) is 0 Å². The normalized spacial score (nSPS) is 17.8. The molecule has 1 aromatic rings. The van der Waals surface area contributed by atoms with Crippen LogP contribution in [0.3, 0.4) is 0 Å². The van der Waals surface area contributed by atoms with Gasteiger partial charge in [0.25, 0.3) is 0 Å².